The molecule has 2 N–H and O–H groups in total. The molecule has 0 unspecified atom stereocenters. The van der Waals surface area contributed by atoms with Gasteiger partial charge in [-0.1, -0.05) is 55.8 Å². The van der Waals surface area contributed by atoms with Crippen LogP contribution in [0.3, 0.4) is 0 Å². The van der Waals surface area contributed by atoms with Crippen molar-refractivity contribution in [1.29, 1.82) is 0 Å². The number of benzene rings is 2. The summed E-state index contributed by atoms with van der Waals surface area (Å²) < 4.78 is 7.60. The van der Waals surface area contributed by atoms with Crippen LogP contribution in [0.5, 0.6) is 5.75 Å². The lowest BCUT2D eigenvalue weighted by atomic mass is 10.1. The number of imidazole rings is 1. The van der Waals surface area contributed by atoms with E-state index in [1.54, 1.807) is 7.11 Å². The van der Waals surface area contributed by atoms with E-state index in [-0.39, 0.29) is 0 Å². The van der Waals surface area contributed by atoms with Crippen molar-refractivity contribution < 1.29 is 14.6 Å². The molecule has 3 rings (SSSR count). The smallest absolute Gasteiger partial charge is 0.321 e. The van der Waals surface area contributed by atoms with E-state index >= 15 is 0 Å². The van der Waals surface area contributed by atoms with Gasteiger partial charge in [-0.2, -0.15) is 0 Å². The minimum absolute atomic E-state index is 0.435. The van der Waals surface area contributed by atoms with Gasteiger partial charge in [0.05, 0.1) is 12.8 Å². The summed E-state index contributed by atoms with van der Waals surface area (Å²) in [5, 5.41) is 13.0. The molecule has 0 spiro atoms. The molecular formula is C26H33N3O3. The van der Waals surface area contributed by atoms with Crippen LogP contribution in [-0.2, 0) is 30.7 Å². The third kappa shape index (κ3) is 6.20. The first kappa shape index (κ1) is 23.5. The van der Waals surface area contributed by atoms with E-state index in [2.05, 4.69) is 33.9 Å². The molecule has 0 saturated heterocycles. The molecule has 32 heavy (non-hydrogen) atoms. The number of carboxylic acids is 1. The fourth-order valence-corrected chi connectivity index (χ4v) is 3.87. The van der Waals surface area contributed by atoms with Crippen LogP contribution in [0.4, 0.5) is 0 Å². The van der Waals surface area contributed by atoms with Crippen LogP contribution in [0.25, 0.3) is 0 Å². The lowest BCUT2D eigenvalue weighted by Gasteiger charge is -2.17. The number of aliphatic carboxylic acids is 1. The van der Waals surface area contributed by atoms with E-state index in [1.165, 1.54) is 5.56 Å². The molecule has 0 amide bonds. The molecule has 0 saturated carbocycles. The van der Waals surface area contributed by atoms with E-state index in [0.29, 0.717) is 19.5 Å². The van der Waals surface area contributed by atoms with Crippen LogP contribution in [0.2, 0.25) is 0 Å². The maximum Gasteiger partial charge on any atom is 0.321 e. The highest BCUT2D eigenvalue weighted by Crippen LogP contribution is 2.20. The molecular weight excluding hydrogens is 402 g/mol. The summed E-state index contributed by atoms with van der Waals surface area (Å²) in [5.41, 5.74) is 4.25. The molecule has 1 aromatic heterocycles. The molecule has 170 valence electrons. The number of nitrogens with zero attached hydrogens (tertiary/aromatic N) is 2. The van der Waals surface area contributed by atoms with E-state index < -0.39 is 12.0 Å². The Kier molecular flexibility index (Phi) is 8.45. The van der Waals surface area contributed by atoms with Crippen LogP contribution >= 0.6 is 0 Å². The molecule has 0 bridgehead atoms. The van der Waals surface area contributed by atoms with E-state index in [9.17, 15) is 9.90 Å². The summed E-state index contributed by atoms with van der Waals surface area (Å²) >= 11 is 0. The zero-order chi connectivity index (χ0) is 22.9. The highest BCUT2D eigenvalue weighted by Gasteiger charge is 2.19. The van der Waals surface area contributed by atoms with Crippen molar-refractivity contribution in [2.45, 2.75) is 58.7 Å². The van der Waals surface area contributed by atoms with Gasteiger partial charge in [0.1, 0.15) is 17.6 Å². The fourth-order valence-electron chi connectivity index (χ4n) is 3.87. The molecule has 0 fully saturated rings. The van der Waals surface area contributed by atoms with Gasteiger partial charge < -0.3 is 14.4 Å². The van der Waals surface area contributed by atoms with Gasteiger partial charge in [0.2, 0.25) is 0 Å². The number of hydrogen-bond acceptors (Lipinski definition) is 4. The molecule has 6 heteroatoms. The Morgan fingerprint density at radius 1 is 1.19 bits per heavy atom. The van der Waals surface area contributed by atoms with Crippen molar-refractivity contribution in [2.75, 3.05) is 7.11 Å². The molecule has 1 atom stereocenters. The van der Waals surface area contributed by atoms with Gasteiger partial charge in [0, 0.05) is 25.7 Å². The maximum absolute atomic E-state index is 11.8. The summed E-state index contributed by atoms with van der Waals surface area (Å²) in [5.74, 6) is 1.06. The SMILES string of the molecule is CCCCc1ncc(CN[C@@H](Cc2ccccc2)C(=O)O)n1Cc1ccc(OC)c(C)c1. The zero-order valence-corrected chi connectivity index (χ0v) is 19.2. The van der Waals surface area contributed by atoms with Crippen molar-refractivity contribution >= 4 is 5.97 Å². The number of rotatable bonds is 12. The predicted octanol–water partition coefficient (Wildman–Crippen LogP) is 4.38. The number of methoxy groups -OCH3 is 1. The number of ether oxygens (including phenoxy) is 1. The lowest BCUT2D eigenvalue weighted by Crippen LogP contribution is -2.38. The molecule has 0 radical (unpaired) electrons. The Hall–Kier alpha value is -3.12. The molecule has 0 aliphatic rings. The predicted molar refractivity (Wildman–Crippen MR) is 126 cm³/mol. The first-order chi connectivity index (χ1) is 15.5. The highest BCUT2D eigenvalue weighted by molar-refractivity contribution is 5.73. The standard InChI is InChI=1S/C26H33N3O3/c1-4-5-11-25-28-17-22(29(25)18-21-12-13-24(32-3)19(2)14-21)16-27-23(26(30)31)15-20-9-7-6-8-10-20/h6-10,12-14,17,23,27H,4-5,11,15-16,18H2,1-3H3,(H,30,31)/t23-/m0/s1. The van der Waals surface area contributed by atoms with Crippen molar-refractivity contribution in [3.63, 3.8) is 0 Å². The number of hydrogen-bond donors (Lipinski definition) is 2. The van der Waals surface area contributed by atoms with Crippen LogP contribution in [-0.4, -0.2) is 33.8 Å². The molecule has 0 aliphatic carbocycles. The Balaban J connectivity index is 1.78. The largest absolute Gasteiger partial charge is 0.496 e. The zero-order valence-electron chi connectivity index (χ0n) is 19.2. The Labute approximate surface area is 190 Å². The number of aryl methyl sites for hydroxylation is 2. The van der Waals surface area contributed by atoms with Crippen molar-refractivity contribution in [3.8, 4) is 5.75 Å². The lowest BCUT2D eigenvalue weighted by molar-refractivity contribution is -0.139. The third-order valence-corrected chi connectivity index (χ3v) is 5.69. The van der Waals surface area contributed by atoms with Gasteiger partial charge in [-0.15, -0.1) is 0 Å². The molecule has 6 nitrogen and oxygen atoms in total. The minimum atomic E-state index is -0.850. The Morgan fingerprint density at radius 3 is 2.62 bits per heavy atom. The Bertz CT molecular complexity index is 1010. The van der Waals surface area contributed by atoms with Gasteiger partial charge in [-0.25, -0.2) is 4.98 Å². The summed E-state index contributed by atoms with van der Waals surface area (Å²) in [6.07, 6.45) is 5.37. The topological polar surface area (TPSA) is 76.4 Å². The number of carbonyl (C=O) groups is 1. The number of unbranched alkanes of at least 4 members (excludes halogenated alkanes) is 1. The molecule has 3 aromatic rings. The van der Waals surface area contributed by atoms with Crippen LogP contribution in [0, 0.1) is 6.92 Å². The Morgan fingerprint density at radius 2 is 1.97 bits per heavy atom. The summed E-state index contributed by atoms with van der Waals surface area (Å²) in [6, 6.07) is 15.2. The molecule has 1 heterocycles. The van der Waals surface area contributed by atoms with Crippen LogP contribution < -0.4 is 10.1 Å². The first-order valence-electron chi connectivity index (χ1n) is 11.2. The second kappa shape index (κ2) is 11.5. The average Bonchev–Trinajstić information content (AvgIpc) is 3.17. The monoisotopic (exact) mass is 435 g/mol. The number of carboxylic acid groups (broad SMARTS) is 1. The van der Waals surface area contributed by atoms with Gasteiger partial charge in [0.15, 0.2) is 0 Å². The second-order valence-corrected chi connectivity index (χ2v) is 8.12. The summed E-state index contributed by atoms with van der Waals surface area (Å²) in [7, 11) is 1.68. The average molecular weight is 436 g/mol. The van der Waals surface area contributed by atoms with E-state index in [1.807, 2.05) is 49.5 Å². The van der Waals surface area contributed by atoms with Crippen molar-refractivity contribution in [3.05, 3.63) is 82.9 Å². The quantitative estimate of drug-likeness (QED) is 0.442. The van der Waals surface area contributed by atoms with Gasteiger partial charge in [0.25, 0.3) is 0 Å². The van der Waals surface area contributed by atoms with Gasteiger partial charge >= 0.3 is 5.97 Å². The van der Waals surface area contributed by atoms with E-state index in [0.717, 1.165) is 47.7 Å². The van der Waals surface area contributed by atoms with Crippen LogP contribution in [0.1, 0.15) is 48.0 Å². The van der Waals surface area contributed by atoms with Gasteiger partial charge in [-0.05, 0) is 42.5 Å². The fraction of sp³-hybridized carbons (Fsp3) is 0.385. The van der Waals surface area contributed by atoms with E-state index in [4.69, 9.17) is 4.74 Å². The minimum Gasteiger partial charge on any atom is -0.496 e. The summed E-state index contributed by atoms with van der Waals surface area (Å²) in [4.78, 5) is 16.5. The van der Waals surface area contributed by atoms with Crippen LogP contribution in [0.15, 0.2) is 54.7 Å². The third-order valence-electron chi connectivity index (χ3n) is 5.69. The number of nitrogens with one attached hydrogen (secondary N) is 1. The first-order valence-corrected chi connectivity index (χ1v) is 11.2. The van der Waals surface area contributed by atoms with Crippen molar-refractivity contribution in [2.24, 2.45) is 0 Å². The van der Waals surface area contributed by atoms with Crippen molar-refractivity contribution in [1.82, 2.24) is 14.9 Å². The number of aromatic nitrogens is 2. The molecule has 0 aliphatic heterocycles. The normalized spacial score (nSPS) is 12.0. The van der Waals surface area contributed by atoms with Gasteiger partial charge in [-0.3, -0.25) is 10.1 Å². The second-order valence-electron chi connectivity index (χ2n) is 8.12. The highest BCUT2D eigenvalue weighted by atomic mass is 16.5. The maximum atomic E-state index is 11.8. The summed E-state index contributed by atoms with van der Waals surface area (Å²) in [6.45, 7) is 5.34. The molecule has 2 aromatic carbocycles.